The van der Waals surface area contributed by atoms with Crippen molar-refractivity contribution in [3.63, 3.8) is 0 Å². The van der Waals surface area contributed by atoms with Gasteiger partial charge in [0.05, 0.1) is 0 Å². The van der Waals surface area contributed by atoms with Crippen LogP contribution in [-0.4, -0.2) is 0 Å². The van der Waals surface area contributed by atoms with Crippen molar-refractivity contribution in [2.24, 2.45) is 0 Å². The maximum Gasteiger partial charge on any atom is 0.00209 e. The van der Waals surface area contributed by atoms with Crippen LogP contribution >= 0.6 is 0 Å². The van der Waals surface area contributed by atoms with Gasteiger partial charge in [-0.15, -0.1) is 0 Å². The molecule has 0 saturated heterocycles. The van der Waals surface area contributed by atoms with Gasteiger partial charge in [-0.25, -0.2) is 0 Å². The number of fused-ring (bicyclic) bond motifs is 1. The Labute approximate surface area is 80.3 Å². The largest absolute Gasteiger partial charge is 0.0835 e. The molecule has 0 heteroatoms. The van der Waals surface area contributed by atoms with Gasteiger partial charge in [-0.2, -0.15) is 0 Å². The van der Waals surface area contributed by atoms with Crippen molar-refractivity contribution in [3.8, 4) is 0 Å². The van der Waals surface area contributed by atoms with E-state index in [-0.39, 0.29) is 0 Å². The average molecular weight is 172 g/mol. The molecule has 0 spiro atoms. The summed E-state index contributed by atoms with van der Waals surface area (Å²) in [6.07, 6.45) is 6.99. The minimum absolute atomic E-state index is 0.657. The summed E-state index contributed by atoms with van der Waals surface area (Å²) >= 11 is 0. The smallest absolute Gasteiger partial charge is 0.00209 e. The molecule has 0 nitrogen and oxygen atoms in total. The second kappa shape index (κ2) is 3.37. The van der Waals surface area contributed by atoms with Crippen molar-refractivity contribution in [2.45, 2.75) is 32.6 Å². The predicted octanol–water partition coefficient (Wildman–Crippen LogP) is 3.60. The van der Waals surface area contributed by atoms with Gasteiger partial charge in [-0.1, -0.05) is 37.3 Å². The fraction of sp³-hybridized carbons (Fsp3) is 0.385. The van der Waals surface area contributed by atoms with Gasteiger partial charge in [-0.3, -0.25) is 0 Å². The van der Waals surface area contributed by atoms with Crippen molar-refractivity contribution < 1.29 is 0 Å². The summed E-state index contributed by atoms with van der Waals surface area (Å²) in [5, 5.41) is 0. The molecule has 0 bridgehead atoms. The van der Waals surface area contributed by atoms with Crippen molar-refractivity contribution in [3.05, 3.63) is 47.0 Å². The molecule has 0 aromatic heterocycles. The summed E-state index contributed by atoms with van der Waals surface area (Å²) in [5.74, 6) is 0.657. The third kappa shape index (κ3) is 1.41. The van der Waals surface area contributed by atoms with E-state index < -0.39 is 0 Å². The highest BCUT2D eigenvalue weighted by Gasteiger charge is 2.15. The van der Waals surface area contributed by atoms with Crippen LogP contribution < -0.4 is 0 Å². The number of hydrogen-bond acceptors (Lipinski definition) is 0. The molecule has 2 rings (SSSR count). The van der Waals surface area contributed by atoms with Gasteiger partial charge in [0.15, 0.2) is 0 Å². The first-order valence-electron chi connectivity index (χ1n) is 5.08. The van der Waals surface area contributed by atoms with Crippen molar-refractivity contribution in [1.82, 2.24) is 0 Å². The summed E-state index contributed by atoms with van der Waals surface area (Å²) in [7, 11) is 0. The zero-order chi connectivity index (χ0) is 9.26. The van der Waals surface area contributed by atoms with E-state index in [1.54, 1.807) is 5.56 Å². The van der Waals surface area contributed by atoms with E-state index >= 15 is 0 Å². The maximum absolute atomic E-state index is 2.36. The van der Waals surface area contributed by atoms with Gasteiger partial charge in [0.25, 0.3) is 0 Å². The van der Waals surface area contributed by atoms with Gasteiger partial charge in [0.1, 0.15) is 0 Å². The lowest BCUT2D eigenvalue weighted by atomic mass is 9.83. The Morgan fingerprint density at radius 1 is 1.38 bits per heavy atom. The second-order valence-corrected chi connectivity index (χ2v) is 3.79. The minimum atomic E-state index is 0.657. The van der Waals surface area contributed by atoms with Crippen LogP contribution in [0.4, 0.5) is 0 Å². The SMILES string of the molecule is CCC1C=CCc2cccc(C)c21. The molecule has 1 aliphatic carbocycles. The second-order valence-electron chi connectivity index (χ2n) is 3.79. The molecule has 1 atom stereocenters. The van der Waals surface area contributed by atoms with E-state index in [1.807, 2.05) is 0 Å². The molecule has 0 heterocycles. The van der Waals surface area contributed by atoms with E-state index in [0.29, 0.717) is 5.92 Å². The monoisotopic (exact) mass is 172 g/mol. The van der Waals surface area contributed by atoms with E-state index in [1.165, 1.54) is 17.5 Å². The quantitative estimate of drug-likeness (QED) is 0.568. The predicted molar refractivity (Wildman–Crippen MR) is 57.1 cm³/mol. The summed E-state index contributed by atoms with van der Waals surface area (Å²) < 4.78 is 0. The number of rotatable bonds is 1. The molecule has 0 aliphatic heterocycles. The van der Waals surface area contributed by atoms with Gasteiger partial charge in [-0.05, 0) is 36.5 Å². The fourth-order valence-corrected chi connectivity index (χ4v) is 2.25. The van der Waals surface area contributed by atoms with Crippen LogP contribution in [0.3, 0.4) is 0 Å². The van der Waals surface area contributed by atoms with E-state index in [2.05, 4.69) is 44.2 Å². The lowest BCUT2D eigenvalue weighted by molar-refractivity contribution is 0.771. The number of aryl methyl sites for hydroxylation is 1. The molecule has 1 aliphatic rings. The summed E-state index contributed by atoms with van der Waals surface area (Å²) in [4.78, 5) is 0. The van der Waals surface area contributed by atoms with E-state index in [4.69, 9.17) is 0 Å². The molecular weight excluding hydrogens is 156 g/mol. The Balaban J connectivity index is 2.52. The molecule has 13 heavy (non-hydrogen) atoms. The highest BCUT2D eigenvalue weighted by molar-refractivity contribution is 5.42. The zero-order valence-electron chi connectivity index (χ0n) is 8.38. The van der Waals surface area contributed by atoms with E-state index in [9.17, 15) is 0 Å². The lowest BCUT2D eigenvalue weighted by Crippen LogP contribution is -2.05. The van der Waals surface area contributed by atoms with Crippen LogP contribution in [0.2, 0.25) is 0 Å². The number of allylic oxidation sites excluding steroid dienone is 2. The summed E-state index contributed by atoms with van der Waals surface area (Å²) in [5.41, 5.74) is 4.55. The molecule has 68 valence electrons. The van der Waals surface area contributed by atoms with Crippen LogP contribution in [0.15, 0.2) is 30.4 Å². The fourth-order valence-electron chi connectivity index (χ4n) is 2.25. The Kier molecular flexibility index (Phi) is 2.22. The zero-order valence-corrected chi connectivity index (χ0v) is 8.38. The third-order valence-electron chi connectivity index (χ3n) is 2.93. The topological polar surface area (TPSA) is 0 Å². The molecule has 0 N–H and O–H groups in total. The molecule has 0 fully saturated rings. The summed E-state index contributed by atoms with van der Waals surface area (Å²) in [6, 6.07) is 6.65. The van der Waals surface area contributed by atoms with E-state index in [0.717, 1.165) is 6.42 Å². The van der Waals surface area contributed by atoms with Gasteiger partial charge in [0.2, 0.25) is 0 Å². The van der Waals surface area contributed by atoms with Gasteiger partial charge in [0, 0.05) is 5.92 Å². The van der Waals surface area contributed by atoms with Crippen LogP contribution in [0.5, 0.6) is 0 Å². The molecule has 1 unspecified atom stereocenters. The normalized spacial score (nSPS) is 20.0. The van der Waals surface area contributed by atoms with Crippen LogP contribution in [0.1, 0.15) is 36.0 Å². The number of benzene rings is 1. The van der Waals surface area contributed by atoms with Crippen molar-refractivity contribution in [2.75, 3.05) is 0 Å². The molecular formula is C13H16. The molecule has 1 aromatic rings. The average Bonchev–Trinajstić information content (AvgIpc) is 2.17. The molecule has 1 aromatic carbocycles. The third-order valence-corrected chi connectivity index (χ3v) is 2.93. The Morgan fingerprint density at radius 3 is 3.00 bits per heavy atom. The Bertz CT molecular complexity index is 334. The minimum Gasteiger partial charge on any atom is -0.0835 e. The molecule has 0 radical (unpaired) electrons. The van der Waals surface area contributed by atoms with Gasteiger partial charge >= 0.3 is 0 Å². The molecule has 0 amide bonds. The van der Waals surface area contributed by atoms with Crippen LogP contribution in [-0.2, 0) is 6.42 Å². The van der Waals surface area contributed by atoms with Crippen LogP contribution in [0.25, 0.3) is 0 Å². The first-order chi connectivity index (χ1) is 6.33. The van der Waals surface area contributed by atoms with Crippen molar-refractivity contribution >= 4 is 0 Å². The van der Waals surface area contributed by atoms with Crippen LogP contribution in [0, 0.1) is 6.92 Å². The first kappa shape index (κ1) is 8.55. The maximum atomic E-state index is 2.36. The van der Waals surface area contributed by atoms with Gasteiger partial charge < -0.3 is 0 Å². The number of hydrogen-bond donors (Lipinski definition) is 0. The lowest BCUT2D eigenvalue weighted by Gasteiger charge is -2.21. The standard InChI is InChI=1S/C13H16/c1-3-11-7-5-9-12-8-4-6-10(2)13(11)12/h4-8,11H,3,9H2,1-2H3. The van der Waals surface area contributed by atoms with Crippen molar-refractivity contribution in [1.29, 1.82) is 0 Å². The Morgan fingerprint density at radius 2 is 2.23 bits per heavy atom. The first-order valence-corrected chi connectivity index (χ1v) is 5.08. The summed E-state index contributed by atoms with van der Waals surface area (Å²) in [6.45, 7) is 4.48. The Hall–Kier alpha value is -1.04. The molecule has 0 saturated carbocycles. The highest BCUT2D eigenvalue weighted by Crippen LogP contribution is 2.31. The highest BCUT2D eigenvalue weighted by atomic mass is 14.2.